The van der Waals surface area contributed by atoms with Crippen LogP contribution in [0.15, 0.2) is 28.7 Å². The largest absolute Gasteiger partial charge is 0.466 e. The van der Waals surface area contributed by atoms with Crippen molar-refractivity contribution < 1.29 is 14.3 Å². The molecule has 0 aromatic heterocycles. The van der Waals surface area contributed by atoms with Gasteiger partial charge >= 0.3 is 5.97 Å². The Hall–Kier alpha value is -1.47. The molecule has 1 aromatic carbocycles. The standard InChI is InChI=1S/C13H15BrN2O3S/c1-2-19-12(18)7-6-11(17)16-13(20)15-10-5-3-4-9(14)8-10/h3-5,8H,2,6-7H2,1H3,(H2,15,16,17,20). The molecule has 0 bridgehead atoms. The monoisotopic (exact) mass is 358 g/mol. The zero-order valence-electron chi connectivity index (χ0n) is 10.9. The van der Waals surface area contributed by atoms with Crippen LogP contribution >= 0.6 is 28.1 Å². The van der Waals surface area contributed by atoms with Crippen molar-refractivity contribution in [1.29, 1.82) is 0 Å². The Labute approximate surface area is 131 Å². The third-order valence-electron chi connectivity index (χ3n) is 2.20. The Balaban J connectivity index is 2.35. The Morgan fingerprint density at radius 3 is 2.75 bits per heavy atom. The molecule has 108 valence electrons. The van der Waals surface area contributed by atoms with Gasteiger partial charge in [0, 0.05) is 16.6 Å². The fraction of sp³-hybridized carbons (Fsp3) is 0.308. The number of halogens is 1. The molecule has 0 aliphatic rings. The van der Waals surface area contributed by atoms with Gasteiger partial charge in [0.2, 0.25) is 5.91 Å². The molecule has 0 unspecified atom stereocenters. The van der Waals surface area contributed by atoms with Gasteiger partial charge in [-0.2, -0.15) is 0 Å². The average molecular weight is 359 g/mol. The van der Waals surface area contributed by atoms with Crippen LogP contribution in [-0.4, -0.2) is 23.6 Å². The number of hydrogen-bond donors (Lipinski definition) is 2. The van der Waals surface area contributed by atoms with Crippen molar-refractivity contribution in [2.45, 2.75) is 19.8 Å². The van der Waals surface area contributed by atoms with E-state index in [0.717, 1.165) is 10.2 Å². The molecule has 0 spiro atoms. The van der Waals surface area contributed by atoms with E-state index in [1.165, 1.54) is 0 Å². The average Bonchev–Trinajstić information content (AvgIpc) is 2.36. The van der Waals surface area contributed by atoms with Gasteiger partial charge in [0.15, 0.2) is 5.11 Å². The summed E-state index contributed by atoms with van der Waals surface area (Å²) < 4.78 is 5.64. The molecule has 0 heterocycles. The van der Waals surface area contributed by atoms with Crippen molar-refractivity contribution in [3.63, 3.8) is 0 Å². The van der Waals surface area contributed by atoms with Crippen molar-refractivity contribution in [1.82, 2.24) is 5.32 Å². The summed E-state index contributed by atoms with van der Waals surface area (Å²) in [6.07, 6.45) is 0.0817. The number of ether oxygens (including phenoxy) is 1. The second-order valence-electron chi connectivity index (χ2n) is 3.82. The van der Waals surface area contributed by atoms with E-state index < -0.39 is 5.97 Å². The lowest BCUT2D eigenvalue weighted by atomic mass is 10.3. The SMILES string of the molecule is CCOC(=O)CCC(=O)NC(=S)Nc1cccc(Br)c1. The third-order valence-corrected chi connectivity index (χ3v) is 2.89. The van der Waals surface area contributed by atoms with Crippen LogP contribution in [0.2, 0.25) is 0 Å². The van der Waals surface area contributed by atoms with E-state index in [4.69, 9.17) is 17.0 Å². The Kier molecular flexibility index (Phi) is 7.17. The fourth-order valence-corrected chi connectivity index (χ4v) is 2.00. The predicted molar refractivity (Wildman–Crippen MR) is 84.4 cm³/mol. The lowest BCUT2D eigenvalue weighted by molar-refractivity contribution is -0.144. The number of carbonyl (C=O) groups excluding carboxylic acids is 2. The van der Waals surface area contributed by atoms with Gasteiger partial charge in [-0.1, -0.05) is 22.0 Å². The molecule has 0 aliphatic heterocycles. The summed E-state index contributed by atoms with van der Waals surface area (Å²) in [4.78, 5) is 22.7. The molecule has 0 saturated carbocycles. The van der Waals surface area contributed by atoms with Crippen LogP contribution < -0.4 is 10.6 Å². The van der Waals surface area contributed by atoms with E-state index >= 15 is 0 Å². The van der Waals surface area contributed by atoms with E-state index in [1.54, 1.807) is 6.92 Å². The second kappa shape index (κ2) is 8.65. The summed E-state index contributed by atoms with van der Waals surface area (Å²) in [5.74, 6) is -0.723. The molecule has 0 radical (unpaired) electrons. The first-order valence-corrected chi connectivity index (χ1v) is 7.23. The topological polar surface area (TPSA) is 67.4 Å². The lowest BCUT2D eigenvalue weighted by Crippen LogP contribution is -2.34. The van der Waals surface area contributed by atoms with Gasteiger partial charge in [0.1, 0.15) is 0 Å². The van der Waals surface area contributed by atoms with Crippen LogP contribution in [0.25, 0.3) is 0 Å². The third kappa shape index (κ3) is 6.63. The van der Waals surface area contributed by atoms with Gasteiger partial charge < -0.3 is 15.4 Å². The van der Waals surface area contributed by atoms with Crippen LogP contribution in [0.1, 0.15) is 19.8 Å². The number of rotatable bonds is 5. The molecule has 0 aliphatic carbocycles. The normalized spacial score (nSPS) is 9.70. The predicted octanol–water partition coefficient (Wildman–Crippen LogP) is 2.61. The highest BCUT2D eigenvalue weighted by Gasteiger charge is 2.09. The van der Waals surface area contributed by atoms with Crippen molar-refractivity contribution in [3.8, 4) is 0 Å². The lowest BCUT2D eigenvalue weighted by Gasteiger charge is -2.09. The highest BCUT2D eigenvalue weighted by atomic mass is 79.9. The summed E-state index contributed by atoms with van der Waals surface area (Å²) in [6, 6.07) is 7.38. The molecule has 1 rings (SSSR count). The minimum atomic E-state index is -0.395. The second-order valence-corrected chi connectivity index (χ2v) is 5.14. The summed E-state index contributed by atoms with van der Waals surface area (Å²) in [6.45, 7) is 2.03. The van der Waals surface area contributed by atoms with Gasteiger partial charge in [-0.25, -0.2) is 0 Å². The van der Waals surface area contributed by atoms with Gasteiger partial charge in [0.25, 0.3) is 0 Å². The molecule has 0 fully saturated rings. The molecule has 0 saturated heterocycles. The first-order valence-electron chi connectivity index (χ1n) is 6.03. The highest BCUT2D eigenvalue weighted by molar-refractivity contribution is 9.10. The molecular formula is C13H15BrN2O3S. The minimum Gasteiger partial charge on any atom is -0.466 e. The minimum absolute atomic E-state index is 0.0408. The van der Waals surface area contributed by atoms with Gasteiger partial charge in [-0.05, 0) is 37.3 Å². The van der Waals surface area contributed by atoms with Crippen LogP contribution in [0.5, 0.6) is 0 Å². The van der Waals surface area contributed by atoms with Crippen LogP contribution in [0.4, 0.5) is 5.69 Å². The maximum absolute atomic E-state index is 11.6. The molecule has 1 amide bonds. The molecule has 20 heavy (non-hydrogen) atoms. The van der Waals surface area contributed by atoms with Gasteiger partial charge in [-0.15, -0.1) is 0 Å². The fourth-order valence-electron chi connectivity index (χ4n) is 1.37. The number of thiocarbonyl (C=S) groups is 1. The molecule has 2 N–H and O–H groups in total. The van der Waals surface area contributed by atoms with Gasteiger partial charge in [-0.3, -0.25) is 9.59 Å². The zero-order chi connectivity index (χ0) is 15.0. The smallest absolute Gasteiger partial charge is 0.306 e. The van der Waals surface area contributed by atoms with E-state index in [-0.39, 0.29) is 23.9 Å². The number of hydrogen-bond acceptors (Lipinski definition) is 4. The van der Waals surface area contributed by atoms with E-state index in [1.807, 2.05) is 24.3 Å². The summed E-state index contributed by atoms with van der Waals surface area (Å²) in [5.41, 5.74) is 0.759. The quantitative estimate of drug-likeness (QED) is 0.625. The van der Waals surface area contributed by atoms with Crippen molar-refractivity contribution in [2.75, 3.05) is 11.9 Å². The molecule has 7 heteroatoms. The zero-order valence-corrected chi connectivity index (χ0v) is 13.3. The first-order chi connectivity index (χ1) is 9.51. The van der Waals surface area contributed by atoms with E-state index in [0.29, 0.717) is 6.61 Å². The summed E-state index contributed by atoms with van der Waals surface area (Å²) in [7, 11) is 0. The Morgan fingerprint density at radius 2 is 2.10 bits per heavy atom. The summed E-state index contributed by atoms with van der Waals surface area (Å²) in [5, 5.41) is 5.58. The van der Waals surface area contributed by atoms with Crippen LogP contribution in [-0.2, 0) is 14.3 Å². The van der Waals surface area contributed by atoms with Crippen LogP contribution in [0, 0.1) is 0 Å². The number of carbonyl (C=O) groups is 2. The summed E-state index contributed by atoms with van der Waals surface area (Å²) >= 11 is 8.35. The molecule has 1 aromatic rings. The Bertz CT molecular complexity index is 508. The first kappa shape index (κ1) is 16.6. The van der Waals surface area contributed by atoms with Crippen molar-refractivity contribution in [2.24, 2.45) is 0 Å². The van der Waals surface area contributed by atoms with Crippen LogP contribution in [0.3, 0.4) is 0 Å². The Morgan fingerprint density at radius 1 is 1.35 bits per heavy atom. The maximum Gasteiger partial charge on any atom is 0.306 e. The maximum atomic E-state index is 11.6. The van der Waals surface area contributed by atoms with E-state index in [9.17, 15) is 9.59 Å². The molecular weight excluding hydrogens is 344 g/mol. The number of benzene rings is 1. The van der Waals surface area contributed by atoms with Crippen molar-refractivity contribution >= 4 is 50.8 Å². The molecule has 5 nitrogen and oxygen atoms in total. The molecule has 0 atom stereocenters. The van der Waals surface area contributed by atoms with Gasteiger partial charge in [0.05, 0.1) is 13.0 Å². The van der Waals surface area contributed by atoms with Crippen molar-refractivity contribution in [3.05, 3.63) is 28.7 Å². The highest BCUT2D eigenvalue weighted by Crippen LogP contribution is 2.15. The number of esters is 1. The number of nitrogens with one attached hydrogen (secondary N) is 2. The number of amides is 1. The van der Waals surface area contributed by atoms with E-state index in [2.05, 4.69) is 26.6 Å². The number of anilines is 1.